The van der Waals surface area contributed by atoms with Gasteiger partial charge in [0.1, 0.15) is 0 Å². The molecule has 0 saturated carbocycles. The van der Waals surface area contributed by atoms with Gasteiger partial charge in [0.05, 0.1) is 15.5 Å². The quantitative estimate of drug-likeness (QED) is 0.748. The third-order valence-corrected chi connectivity index (χ3v) is 4.41. The monoisotopic (exact) mass is 344 g/mol. The van der Waals surface area contributed by atoms with Crippen LogP contribution in [0.2, 0.25) is 5.02 Å². The molecule has 0 atom stereocenters. The van der Waals surface area contributed by atoms with Crippen molar-refractivity contribution in [2.75, 3.05) is 19.6 Å². The normalized spacial score (nSPS) is 12.6. The lowest BCUT2D eigenvalue weighted by Crippen LogP contribution is -2.27. The molecule has 0 fully saturated rings. The van der Waals surface area contributed by atoms with E-state index in [9.17, 15) is 21.6 Å². The van der Waals surface area contributed by atoms with Gasteiger partial charge in [-0.1, -0.05) is 18.5 Å². The van der Waals surface area contributed by atoms with E-state index in [1.54, 1.807) is 0 Å². The first kappa shape index (κ1) is 18.2. The third-order valence-electron chi connectivity index (χ3n) is 2.63. The Kier molecular flexibility index (Phi) is 6.45. The van der Waals surface area contributed by atoms with Gasteiger partial charge in [0, 0.05) is 6.54 Å². The molecule has 4 nitrogen and oxygen atoms in total. The largest absolute Gasteiger partial charge is 0.417 e. The lowest BCUT2D eigenvalue weighted by atomic mass is 10.2. The molecule has 1 aromatic carbocycles. The van der Waals surface area contributed by atoms with E-state index >= 15 is 0 Å². The highest BCUT2D eigenvalue weighted by Crippen LogP contribution is 2.35. The van der Waals surface area contributed by atoms with Gasteiger partial charge >= 0.3 is 6.18 Å². The van der Waals surface area contributed by atoms with Crippen molar-refractivity contribution in [2.45, 2.75) is 24.4 Å². The second kappa shape index (κ2) is 7.44. The summed E-state index contributed by atoms with van der Waals surface area (Å²) in [5, 5.41) is 2.48. The van der Waals surface area contributed by atoms with Gasteiger partial charge in [0.15, 0.2) is 0 Å². The van der Waals surface area contributed by atoms with E-state index < -0.39 is 31.7 Å². The second-order valence-corrected chi connectivity index (χ2v) is 6.42. The van der Waals surface area contributed by atoms with Crippen LogP contribution in [0.5, 0.6) is 0 Å². The average Bonchev–Trinajstić information content (AvgIpc) is 2.37. The van der Waals surface area contributed by atoms with E-state index in [0.29, 0.717) is 19.0 Å². The van der Waals surface area contributed by atoms with Gasteiger partial charge < -0.3 is 5.32 Å². The van der Waals surface area contributed by atoms with E-state index in [2.05, 4.69) is 10.0 Å². The van der Waals surface area contributed by atoms with Crippen molar-refractivity contribution in [3.8, 4) is 0 Å². The molecule has 2 N–H and O–H groups in total. The number of benzene rings is 1. The van der Waals surface area contributed by atoms with E-state index in [-0.39, 0.29) is 6.54 Å². The van der Waals surface area contributed by atoms with Crippen molar-refractivity contribution >= 4 is 21.6 Å². The van der Waals surface area contributed by atoms with Crippen molar-refractivity contribution < 1.29 is 21.6 Å². The molecule has 0 aliphatic rings. The van der Waals surface area contributed by atoms with Crippen LogP contribution in [-0.4, -0.2) is 28.1 Å². The maximum absolute atomic E-state index is 12.7. The molecule has 0 radical (unpaired) electrons. The van der Waals surface area contributed by atoms with Crippen LogP contribution in [0.4, 0.5) is 13.2 Å². The predicted octanol–water partition coefficient (Wildman–Crippen LogP) is 2.64. The van der Waals surface area contributed by atoms with Crippen LogP contribution in [0.1, 0.15) is 18.9 Å². The van der Waals surface area contributed by atoms with Crippen LogP contribution < -0.4 is 10.0 Å². The van der Waals surface area contributed by atoms with Crippen LogP contribution in [0, 0.1) is 0 Å². The Morgan fingerprint density at radius 3 is 2.48 bits per heavy atom. The molecule has 1 aromatic rings. The zero-order valence-electron chi connectivity index (χ0n) is 11.3. The van der Waals surface area contributed by atoms with E-state index in [1.807, 2.05) is 6.92 Å². The Morgan fingerprint density at radius 2 is 1.90 bits per heavy atom. The summed E-state index contributed by atoms with van der Waals surface area (Å²) in [5.74, 6) is 0. The van der Waals surface area contributed by atoms with Crippen LogP contribution in [0.3, 0.4) is 0 Å². The standard InChI is InChI=1S/C12H16ClF3N2O2S/c1-2-17-6-3-7-18-21(19,20)9-4-5-11(13)10(8-9)12(14,15)16/h4-5,8,17-18H,2-3,6-7H2,1H3. The Bertz CT molecular complexity index is 576. The minimum Gasteiger partial charge on any atom is -0.317 e. The molecule has 0 spiro atoms. The molecule has 0 aliphatic carbocycles. The van der Waals surface area contributed by atoms with Crippen LogP contribution in [0.15, 0.2) is 23.1 Å². The van der Waals surface area contributed by atoms with E-state index in [1.165, 1.54) is 0 Å². The van der Waals surface area contributed by atoms with Gasteiger partial charge in [0.2, 0.25) is 10.0 Å². The van der Waals surface area contributed by atoms with Crippen LogP contribution in [0.25, 0.3) is 0 Å². The molecule has 0 aliphatic heterocycles. The highest BCUT2D eigenvalue weighted by atomic mass is 35.5. The first-order valence-corrected chi connectivity index (χ1v) is 8.11. The molecular weight excluding hydrogens is 329 g/mol. The maximum atomic E-state index is 12.7. The van der Waals surface area contributed by atoms with Crippen molar-refractivity contribution in [1.82, 2.24) is 10.0 Å². The fourth-order valence-corrected chi connectivity index (χ4v) is 2.89. The first-order valence-electron chi connectivity index (χ1n) is 6.25. The molecule has 0 heterocycles. The number of nitrogens with one attached hydrogen (secondary N) is 2. The van der Waals surface area contributed by atoms with Gasteiger partial charge in [-0.2, -0.15) is 13.2 Å². The summed E-state index contributed by atoms with van der Waals surface area (Å²) in [6.07, 6.45) is -4.17. The Morgan fingerprint density at radius 1 is 1.24 bits per heavy atom. The van der Waals surface area contributed by atoms with Crippen LogP contribution in [-0.2, 0) is 16.2 Å². The molecule has 0 amide bonds. The number of sulfonamides is 1. The summed E-state index contributed by atoms with van der Waals surface area (Å²) in [5.41, 5.74) is -1.17. The summed E-state index contributed by atoms with van der Waals surface area (Å²) in [6, 6.07) is 2.51. The zero-order valence-corrected chi connectivity index (χ0v) is 12.9. The van der Waals surface area contributed by atoms with Crippen molar-refractivity contribution in [1.29, 1.82) is 0 Å². The molecule has 0 aromatic heterocycles. The van der Waals surface area contributed by atoms with Crippen molar-refractivity contribution in [3.05, 3.63) is 28.8 Å². The summed E-state index contributed by atoms with van der Waals surface area (Å²) < 4.78 is 64.2. The van der Waals surface area contributed by atoms with Gasteiger partial charge in [-0.15, -0.1) is 0 Å². The third kappa shape index (κ3) is 5.46. The van der Waals surface area contributed by atoms with Gasteiger partial charge in [-0.05, 0) is 37.7 Å². The molecule has 0 bridgehead atoms. The van der Waals surface area contributed by atoms with Gasteiger partial charge in [0.25, 0.3) is 0 Å². The molecular formula is C12H16ClF3N2O2S. The van der Waals surface area contributed by atoms with Crippen molar-refractivity contribution in [2.24, 2.45) is 0 Å². The minimum atomic E-state index is -4.70. The van der Waals surface area contributed by atoms with Crippen molar-refractivity contribution in [3.63, 3.8) is 0 Å². The second-order valence-electron chi connectivity index (χ2n) is 4.24. The summed E-state index contributed by atoms with van der Waals surface area (Å²) >= 11 is 5.45. The van der Waals surface area contributed by atoms with Gasteiger partial charge in [-0.25, -0.2) is 13.1 Å². The van der Waals surface area contributed by atoms with E-state index in [4.69, 9.17) is 11.6 Å². The SMILES string of the molecule is CCNCCCNS(=O)(=O)c1ccc(Cl)c(C(F)(F)F)c1. The topological polar surface area (TPSA) is 58.2 Å². The molecule has 0 unspecified atom stereocenters. The zero-order chi connectivity index (χ0) is 16.1. The highest BCUT2D eigenvalue weighted by Gasteiger charge is 2.34. The Balaban J connectivity index is 2.84. The minimum absolute atomic E-state index is 0.138. The summed E-state index contributed by atoms with van der Waals surface area (Å²) in [6.45, 7) is 3.43. The number of hydrogen-bond acceptors (Lipinski definition) is 3. The molecule has 1 rings (SSSR count). The summed E-state index contributed by atoms with van der Waals surface area (Å²) in [7, 11) is -3.98. The number of halogens is 4. The lowest BCUT2D eigenvalue weighted by Gasteiger charge is -2.12. The fourth-order valence-electron chi connectivity index (χ4n) is 1.57. The first-order chi connectivity index (χ1) is 9.68. The summed E-state index contributed by atoms with van der Waals surface area (Å²) in [4.78, 5) is -0.456. The Hall–Kier alpha value is -0.830. The lowest BCUT2D eigenvalue weighted by molar-refractivity contribution is -0.137. The molecule has 120 valence electrons. The highest BCUT2D eigenvalue weighted by molar-refractivity contribution is 7.89. The van der Waals surface area contributed by atoms with E-state index in [0.717, 1.165) is 18.7 Å². The number of alkyl halides is 3. The number of hydrogen-bond donors (Lipinski definition) is 2. The number of rotatable bonds is 7. The Labute approximate surface area is 126 Å². The smallest absolute Gasteiger partial charge is 0.317 e. The average molecular weight is 345 g/mol. The maximum Gasteiger partial charge on any atom is 0.417 e. The van der Waals surface area contributed by atoms with Crippen LogP contribution >= 0.6 is 11.6 Å². The molecule has 0 saturated heterocycles. The van der Waals surface area contributed by atoms with Gasteiger partial charge in [-0.3, -0.25) is 0 Å². The predicted molar refractivity (Wildman–Crippen MR) is 74.8 cm³/mol. The molecule has 9 heteroatoms. The fraction of sp³-hybridized carbons (Fsp3) is 0.500. The molecule has 21 heavy (non-hydrogen) atoms.